The molecule has 0 unspecified atom stereocenters. The second-order valence-corrected chi connectivity index (χ2v) is 5.66. The van der Waals surface area contributed by atoms with Crippen molar-refractivity contribution in [1.29, 1.82) is 0 Å². The van der Waals surface area contributed by atoms with E-state index < -0.39 is 0 Å². The normalized spacial score (nSPS) is 10.5. The molecule has 0 rings (SSSR count). The van der Waals surface area contributed by atoms with E-state index in [1.54, 1.807) is 0 Å². The summed E-state index contributed by atoms with van der Waals surface area (Å²) in [7, 11) is 3.98. The van der Waals surface area contributed by atoms with Crippen LogP contribution < -0.4 is 5.73 Å². The van der Waals surface area contributed by atoms with Crippen LogP contribution in [0, 0.1) is 0 Å². The van der Waals surface area contributed by atoms with E-state index in [0.29, 0.717) is 0 Å². The Bertz CT molecular complexity index is 68.9. The minimum absolute atomic E-state index is 0.862. The summed E-state index contributed by atoms with van der Waals surface area (Å²) < 4.78 is 0. The molecule has 0 atom stereocenters. The minimum atomic E-state index is 0.862. The van der Waals surface area contributed by atoms with Gasteiger partial charge in [0, 0.05) is 11.5 Å². The van der Waals surface area contributed by atoms with Crippen LogP contribution in [0.2, 0.25) is 0 Å². The van der Waals surface area contributed by atoms with Crippen LogP contribution in [-0.2, 0) is 0 Å². The summed E-state index contributed by atoms with van der Waals surface area (Å²) in [5, 5.41) is 0. The Balaban J connectivity index is 2.73. The topological polar surface area (TPSA) is 26.0 Å². The first-order valence-corrected chi connectivity index (χ1v) is 7.35. The predicted molar refractivity (Wildman–Crippen MR) is 62.7 cm³/mol. The molecule has 0 aromatic carbocycles. The summed E-state index contributed by atoms with van der Waals surface area (Å²) in [5.41, 5.74) is 5.40. The summed E-state index contributed by atoms with van der Waals surface area (Å²) in [5.74, 6) is 2.55. The molecule has 12 heavy (non-hydrogen) atoms. The monoisotopic (exact) mass is 207 g/mol. The maximum absolute atomic E-state index is 5.40. The van der Waals surface area contributed by atoms with Crippen LogP contribution in [0.3, 0.4) is 0 Å². The number of unbranched alkanes of at least 4 members (excludes halogenated alkanes) is 4. The van der Waals surface area contributed by atoms with E-state index in [-0.39, 0.29) is 0 Å². The first kappa shape index (κ1) is 12.7. The highest BCUT2D eigenvalue weighted by molar-refractivity contribution is 8.76. The zero-order valence-electron chi connectivity index (χ0n) is 8.05. The highest BCUT2D eigenvalue weighted by atomic mass is 33.1. The zero-order chi connectivity index (χ0) is 9.07. The standard InChI is InChI=1S/C9H21NS2/c1-2-11-12-9-7-5-3-4-6-8-10/h2-10H2,1H3. The molecule has 0 saturated heterocycles. The lowest BCUT2D eigenvalue weighted by atomic mass is 10.2. The van der Waals surface area contributed by atoms with Gasteiger partial charge in [-0.15, -0.1) is 0 Å². The summed E-state index contributed by atoms with van der Waals surface area (Å²) >= 11 is 0. The van der Waals surface area contributed by atoms with Gasteiger partial charge >= 0.3 is 0 Å². The molecule has 1 nitrogen and oxygen atoms in total. The Morgan fingerprint density at radius 3 is 2.25 bits per heavy atom. The first-order valence-electron chi connectivity index (χ1n) is 4.86. The zero-order valence-corrected chi connectivity index (χ0v) is 9.68. The molecule has 0 amide bonds. The third-order valence-electron chi connectivity index (χ3n) is 1.63. The van der Waals surface area contributed by atoms with E-state index in [2.05, 4.69) is 6.92 Å². The van der Waals surface area contributed by atoms with Crippen LogP contribution in [0.5, 0.6) is 0 Å². The molecule has 0 aliphatic heterocycles. The SMILES string of the molecule is CCSSCCCCCCCN. The van der Waals surface area contributed by atoms with Gasteiger partial charge in [-0.3, -0.25) is 0 Å². The van der Waals surface area contributed by atoms with Gasteiger partial charge in [-0.2, -0.15) is 0 Å². The first-order chi connectivity index (χ1) is 5.91. The molecule has 0 bridgehead atoms. The Labute approximate surface area is 84.6 Å². The lowest BCUT2D eigenvalue weighted by molar-refractivity contribution is 0.641. The fraction of sp³-hybridized carbons (Fsp3) is 1.00. The van der Waals surface area contributed by atoms with Crippen molar-refractivity contribution >= 4 is 21.6 Å². The fourth-order valence-electron chi connectivity index (χ4n) is 0.978. The molecule has 0 radical (unpaired) electrons. The molecule has 0 aliphatic carbocycles. The molecule has 0 heterocycles. The summed E-state index contributed by atoms with van der Waals surface area (Å²) in [6.45, 7) is 3.07. The molecular weight excluding hydrogens is 186 g/mol. The minimum Gasteiger partial charge on any atom is -0.330 e. The molecule has 3 heteroatoms. The van der Waals surface area contributed by atoms with Gasteiger partial charge in [0.2, 0.25) is 0 Å². The van der Waals surface area contributed by atoms with Gasteiger partial charge in [-0.1, -0.05) is 47.8 Å². The predicted octanol–water partition coefficient (Wildman–Crippen LogP) is 3.30. The Kier molecular flexibility index (Phi) is 12.3. The van der Waals surface area contributed by atoms with Gasteiger partial charge < -0.3 is 5.73 Å². The molecule has 0 aliphatic rings. The van der Waals surface area contributed by atoms with E-state index >= 15 is 0 Å². The van der Waals surface area contributed by atoms with Gasteiger partial charge in [0.15, 0.2) is 0 Å². The molecule has 0 aromatic heterocycles. The third-order valence-corrected chi connectivity index (χ3v) is 4.20. The van der Waals surface area contributed by atoms with Crippen molar-refractivity contribution in [2.75, 3.05) is 18.1 Å². The molecule has 0 aromatic rings. The molecular formula is C9H21NS2. The molecule has 0 fully saturated rings. The van der Waals surface area contributed by atoms with E-state index in [9.17, 15) is 0 Å². The maximum Gasteiger partial charge on any atom is 0.00369 e. The lowest BCUT2D eigenvalue weighted by Gasteiger charge is -1.99. The Morgan fingerprint density at radius 2 is 1.58 bits per heavy atom. The smallest absolute Gasteiger partial charge is 0.00369 e. The van der Waals surface area contributed by atoms with Crippen LogP contribution in [0.4, 0.5) is 0 Å². The number of hydrogen-bond acceptors (Lipinski definition) is 3. The summed E-state index contributed by atoms with van der Waals surface area (Å²) in [6.07, 6.45) is 6.66. The lowest BCUT2D eigenvalue weighted by Crippen LogP contribution is -1.97. The highest BCUT2D eigenvalue weighted by Gasteiger charge is 1.90. The molecule has 0 saturated carbocycles. The van der Waals surface area contributed by atoms with Crippen LogP contribution in [0.1, 0.15) is 39.0 Å². The average Bonchev–Trinajstić information content (AvgIpc) is 2.10. The third kappa shape index (κ3) is 10.7. The van der Waals surface area contributed by atoms with E-state index in [1.165, 1.54) is 43.6 Å². The van der Waals surface area contributed by atoms with Gasteiger partial charge in [-0.05, 0) is 19.4 Å². The van der Waals surface area contributed by atoms with Crippen LogP contribution in [0.15, 0.2) is 0 Å². The van der Waals surface area contributed by atoms with Crippen LogP contribution >= 0.6 is 21.6 Å². The van der Waals surface area contributed by atoms with Gasteiger partial charge in [-0.25, -0.2) is 0 Å². The molecule has 74 valence electrons. The van der Waals surface area contributed by atoms with Crippen LogP contribution in [-0.4, -0.2) is 18.1 Å². The Morgan fingerprint density at radius 1 is 0.917 bits per heavy atom. The van der Waals surface area contributed by atoms with Gasteiger partial charge in [0.25, 0.3) is 0 Å². The second-order valence-electron chi connectivity index (χ2n) is 2.78. The highest BCUT2D eigenvalue weighted by Crippen LogP contribution is 2.21. The van der Waals surface area contributed by atoms with Crippen LogP contribution in [0.25, 0.3) is 0 Å². The van der Waals surface area contributed by atoms with Crippen molar-refractivity contribution in [3.05, 3.63) is 0 Å². The van der Waals surface area contributed by atoms with Crippen molar-refractivity contribution in [2.24, 2.45) is 5.73 Å². The largest absolute Gasteiger partial charge is 0.330 e. The summed E-state index contributed by atoms with van der Waals surface area (Å²) in [4.78, 5) is 0. The average molecular weight is 207 g/mol. The maximum atomic E-state index is 5.40. The van der Waals surface area contributed by atoms with E-state index in [1.807, 2.05) is 21.6 Å². The van der Waals surface area contributed by atoms with E-state index in [0.717, 1.165) is 6.54 Å². The molecule has 2 N–H and O–H groups in total. The second kappa shape index (κ2) is 11.7. The quantitative estimate of drug-likeness (QED) is 0.464. The van der Waals surface area contributed by atoms with Crippen molar-refractivity contribution in [3.63, 3.8) is 0 Å². The van der Waals surface area contributed by atoms with Gasteiger partial charge in [0.1, 0.15) is 0 Å². The van der Waals surface area contributed by atoms with Crippen molar-refractivity contribution in [2.45, 2.75) is 39.0 Å². The molecule has 0 spiro atoms. The fourth-order valence-corrected chi connectivity index (χ4v) is 2.79. The Hall–Kier alpha value is 0.660. The summed E-state index contributed by atoms with van der Waals surface area (Å²) in [6, 6.07) is 0. The van der Waals surface area contributed by atoms with Crippen molar-refractivity contribution < 1.29 is 0 Å². The number of hydrogen-bond donors (Lipinski definition) is 1. The van der Waals surface area contributed by atoms with Gasteiger partial charge in [0.05, 0.1) is 0 Å². The number of nitrogens with two attached hydrogens (primary N) is 1. The number of rotatable bonds is 9. The van der Waals surface area contributed by atoms with E-state index in [4.69, 9.17) is 5.73 Å². The van der Waals surface area contributed by atoms with Crippen molar-refractivity contribution in [1.82, 2.24) is 0 Å². The van der Waals surface area contributed by atoms with Crippen molar-refractivity contribution in [3.8, 4) is 0 Å².